The molecule has 0 radical (unpaired) electrons. The van der Waals surface area contributed by atoms with E-state index in [2.05, 4.69) is 112 Å². The Kier molecular flexibility index (Phi) is 11.4. The molecule has 0 spiro atoms. The van der Waals surface area contributed by atoms with Crippen LogP contribution in [0.4, 0.5) is 0 Å². The van der Waals surface area contributed by atoms with Gasteiger partial charge >= 0.3 is 0 Å². The lowest BCUT2D eigenvalue weighted by Crippen LogP contribution is -2.68. The molecule has 0 amide bonds. The number of rotatable bonds is 16. The third-order valence-electron chi connectivity index (χ3n) is 15.4. The summed E-state index contributed by atoms with van der Waals surface area (Å²) < 4.78 is 16.0. The van der Waals surface area contributed by atoms with Crippen molar-refractivity contribution in [1.29, 1.82) is 0 Å². The summed E-state index contributed by atoms with van der Waals surface area (Å²) in [4.78, 5) is 9.51. The highest BCUT2D eigenvalue weighted by atomic mass is 16.5. The smallest absolute Gasteiger partial charge is 0.135 e. The van der Waals surface area contributed by atoms with Crippen LogP contribution in [0.15, 0.2) is 123 Å². The topological polar surface area (TPSA) is 44.2 Å². The first-order valence-electron chi connectivity index (χ1n) is 22.4. The Balaban J connectivity index is 1.07. The van der Waals surface area contributed by atoms with Crippen molar-refractivity contribution < 1.29 is 18.4 Å². The number of benzene rings is 3. The molecule has 4 bridgehead atoms. The first-order valence-corrected chi connectivity index (χ1v) is 22.4. The fourth-order valence-corrected chi connectivity index (χ4v) is 12.7. The van der Waals surface area contributed by atoms with Crippen LogP contribution in [0.5, 0.6) is 0 Å². The molecule has 10 atom stereocenters. The minimum atomic E-state index is -0.0221. The van der Waals surface area contributed by atoms with Crippen molar-refractivity contribution in [2.75, 3.05) is 39.4 Å². The SMILES string of the molecule is C=CCO[C@@H](c1ccnc2ccccc12)C1CC2CC[N+]1(Cc1cccc(C[N+]34CC[C@H](C[C@@H]3[C@@H](OCC=C)c3ccnc5ccccc35)C(CC)C4)c1)C[C@@H]2CC. The van der Waals surface area contributed by atoms with E-state index in [4.69, 9.17) is 19.4 Å². The second-order valence-electron chi connectivity index (χ2n) is 18.3. The molecular formula is C52H64N4O2+2. The van der Waals surface area contributed by atoms with Crippen molar-refractivity contribution in [3.05, 3.63) is 145 Å². The second kappa shape index (κ2) is 16.8. The number of para-hydroxylation sites is 2. The predicted octanol–water partition coefficient (Wildman–Crippen LogP) is 10.9. The molecule has 6 fully saturated rings. The molecule has 0 N–H and O–H groups in total. The number of fused-ring (bicyclic) bond motifs is 8. The monoisotopic (exact) mass is 777 g/mol. The zero-order chi connectivity index (χ0) is 39.7. The molecule has 6 heteroatoms. The van der Waals surface area contributed by atoms with Crippen molar-refractivity contribution in [3.8, 4) is 0 Å². The lowest BCUT2D eigenvalue weighted by atomic mass is 9.70. The van der Waals surface area contributed by atoms with E-state index in [1.807, 2.05) is 24.5 Å². The van der Waals surface area contributed by atoms with Gasteiger partial charge in [0.15, 0.2) is 0 Å². The molecule has 3 aromatic carbocycles. The predicted molar refractivity (Wildman–Crippen MR) is 236 cm³/mol. The summed E-state index contributed by atoms with van der Waals surface area (Å²) in [5, 5.41) is 2.42. The molecule has 11 rings (SSSR count). The van der Waals surface area contributed by atoms with Gasteiger partial charge in [-0.25, -0.2) is 0 Å². The molecule has 6 aliphatic heterocycles. The number of nitrogens with zero attached hydrogens (tertiary/aromatic N) is 4. The summed E-state index contributed by atoms with van der Waals surface area (Å²) >= 11 is 0. The van der Waals surface area contributed by atoms with Gasteiger partial charge in [0.1, 0.15) is 37.4 Å². The Morgan fingerprint density at radius 3 is 1.55 bits per heavy atom. The van der Waals surface area contributed by atoms with E-state index in [0.29, 0.717) is 25.3 Å². The van der Waals surface area contributed by atoms with E-state index in [1.165, 1.54) is 97.7 Å². The number of piperidine rings is 6. The van der Waals surface area contributed by atoms with Gasteiger partial charge in [-0.15, -0.1) is 13.2 Å². The highest BCUT2D eigenvalue weighted by molar-refractivity contribution is 5.83. The molecule has 5 aromatic rings. The van der Waals surface area contributed by atoms with Crippen LogP contribution in [-0.4, -0.2) is 70.4 Å². The first-order chi connectivity index (χ1) is 28.5. The van der Waals surface area contributed by atoms with Gasteiger partial charge in [0, 0.05) is 71.8 Å². The Labute approximate surface area is 346 Å². The standard InChI is InChI=1S/C52H64N4O2/c1-5-28-57-51(45-20-24-53-47-18-11-9-16-43(45)47)49-31-41-22-26-55(49,35-39(41)7-3)33-37-14-13-15-38(30-37)34-56-27-23-42(40(8-4)36-56)32-50(56)52(58-29-6-2)46-21-25-54-48-19-12-10-17-44(46)48/h5-6,9-21,24-25,30,39-42,49-52H,1-2,7-8,22-23,26-29,31-36H2,3-4H3/q+2/t39-,40?,41?,42+,49?,50+,51-,52-,55?,56?/m0/s1. The van der Waals surface area contributed by atoms with E-state index < -0.39 is 0 Å². The quantitative estimate of drug-likeness (QED) is 0.0739. The van der Waals surface area contributed by atoms with Crippen molar-refractivity contribution in [1.82, 2.24) is 9.97 Å². The molecule has 5 unspecified atom stereocenters. The van der Waals surface area contributed by atoms with Crippen LogP contribution in [0.3, 0.4) is 0 Å². The van der Waals surface area contributed by atoms with Crippen LogP contribution < -0.4 is 0 Å². The molecule has 2 aromatic heterocycles. The third kappa shape index (κ3) is 7.25. The summed E-state index contributed by atoms with van der Waals surface area (Å²) in [5.41, 5.74) is 7.57. The van der Waals surface area contributed by atoms with Gasteiger partial charge < -0.3 is 18.4 Å². The number of quaternary nitrogens is 2. The van der Waals surface area contributed by atoms with Crippen LogP contribution in [0.25, 0.3) is 21.8 Å². The summed E-state index contributed by atoms with van der Waals surface area (Å²) in [6.45, 7) is 21.0. The normalized spacial score (nSPS) is 30.0. The zero-order valence-electron chi connectivity index (χ0n) is 34.9. The Bertz CT molecular complexity index is 2080. The van der Waals surface area contributed by atoms with Crippen LogP contribution in [0.2, 0.25) is 0 Å². The summed E-state index contributed by atoms with van der Waals surface area (Å²) in [5.74, 6) is 3.00. The van der Waals surface area contributed by atoms with E-state index in [-0.39, 0.29) is 12.2 Å². The van der Waals surface area contributed by atoms with Crippen molar-refractivity contribution in [3.63, 3.8) is 0 Å². The van der Waals surface area contributed by atoms with E-state index in [1.54, 1.807) is 0 Å². The van der Waals surface area contributed by atoms with Crippen LogP contribution in [-0.2, 0) is 22.6 Å². The zero-order valence-corrected chi connectivity index (χ0v) is 34.9. The molecular weight excluding hydrogens is 713 g/mol. The maximum absolute atomic E-state index is 6.93. The summed E-state index contributed by atoms with van der Waals surface area (Å²) in [6.07, 6.45) is 15.3. The van der Waals surface area contributed by atoms with Gasteiger partial charge in [0.25, 0.3) is 0 Å². The van der Waals surface area contributed by atoms with Crippen molar-refractivity contribution >= 4 is 21.8 Å². The molecule has 6 aliphatic rings. The molecule has 58 heavy (non-hydrogen) atoms. The largest absolute Gasteiger partial charge is 0.363 e. The molecule has 6 saturated heterocycles. The van der Waals surface area contributed by atoms with Gasteiger partial charge in [-0.3, -0.25) is 9.97 Å². The maximum atomic E-state index is 6.93. The summed E-state index contributed by atoms with van der Waals surface area (Å²) in [7, 11) is 0. The van der Waals surface area contributed by atoms with Crippen molar-refractivity contribution in [2.45, 2.75) is 89.8 Å². The minimum Gasteiger partial charge on any atom is -0.363 e. The first kappa shape index (κ1) is 39.3. The number of hydrogen-bond donors (Lipinski definition) is 0. The lowest BCUT2D eigenvalue weighted by Gasteiger charge is -2.59. The van der Waals surface area contributed by atoms with Gasteiger partial charge in [0.05, 0.1) is 50.4 Å². The fourth-order valence-electron chi connectivity index (χ4n) is 12.7. The van der Waals surface area contributed by atoms with Crippen LogP contribution >= 0.6 is 0 Å². The van der Waals surface area contributed by atoms with Crippen LogP contribution in [0, 0.1) is 23.7 Å². The fraction of sp³-hybridized carbons (Fsp3) is 0.462. The third-order valence-corrected chi connectivity index (χ3v) is 15.4. The molecule has 8 heterocycles. The summed E-state index contributed by atoms with van der Waals surface area (Å²) in [6, 6.07) is 32.2. The molecule has 6 nitrogen and oxygen atoms in total. The average molecular weight is 777 g/mol. The van der Waals surface area contributed by atoms with E-state index in [0.717, 1.165) is 56.8 Å². The van der Waals surface area contributed by atoms with Gasteiger partial charge in [-0.05, 0) is 66.1 Å². The van der Waals surface area contributed by atoms with E-state index in [9.17, 15) is 0 Å². The number of pyridine rings is 2. The van der Waals surface area contributed by atoms with Gasteiger partial charge in [-0.1, -0.05) is 80.6 Å². The van der Waals surface area contributed by atoms with Gasteiger partial charge in [-0.2, -0.15) is 0 Å². The average Bonchev–Trinajstić information content (AvgIpc) is 3.27. The Hall–Kier alpha value is -4.20. The second-order valence-corrected chi connectivity index (χ2v) is 18.3. The minimum absolute atomic E-state index is 0.0221. The lowest BCUT2D eigenvalue weighted by molar-refractivity contribution is -0.986. The highest BCUT2D eigenvalue weighted by Crippen LogP contribution is 2.51. The maximum Gasteiger partial charge on any atom is 0.135 e. The number of aromatic nitrogens is 2. The Morgan fingerprint density at radius 2 is 1.10 bits per heavy atom. The molecule has 0 aliphatic carbocycles. The molecule has 302 valence electrons. The number of hydrogen-bond acceptors (Lipinski definition) is 4. The van der Waals surface area contributed by atoms with Crippen molar-refractivity contribution in [2.24, 2.45) is 23.7 Å². The van der Waals surface area contributed by atoms with E-state index >= 15 is 0 Å². The van der Waals surface area contributed by atoms with Crippen LogP contribution in [0.1, 0.15) is 86.8 Å². The highest BCUT2D eigenvalue weighted by Gasteiger charge is 2.56. The molecule has 0 saturated carbocycles. The van der Waals surface area contributed by atoms with Gasteiger partial charge in [0.2, 0.25) is 0 Å². The Morgan fingerprint density at radius 1 is 0.638 bits per heavy atom. The number of ether oxygens (including phenoxy) is 2.